The minimum absolute atomic E-state index is 0.0471. The third-order valence-electron chi connectivity index (χ3n) is 1.76. The summed E-state index contributed by atoms with van der Waals surface area (Å²) in [6.07, 6.45) is 1.40. The van der Waals surface area contributed by atoms with Gasteiger partial charge in [0.25, 0.3) is 0 Å². The minimum atomic E-state index is -0.995. The van der Waals surface area contributed by atoms with Gasteiger partial charge in [0, 0.05) is 10.7 Å². The first-order chi connectivity index (χ1) is 8.04. The van der Waals surface area contributed by atoms with Gasteiger partial charge in [0.15, 0.2) is 0 Å². The summed E-state index contributed by atoms with van der Waals surface area (Å²) in [7, 11) is 0. The Bertz CT molecular complexity index is 440. The predicted octanol–water partition coefficient (Wildman–Crippen LogP) is 1.16. The Balaban J connectivity index is 2.56. The van der Waals surface area contributed by atoms with Gasteiger partial charge < -0.3 is 10.1 Å². The van der Waals surface area contributed by atoms with Gasteiger partial charge in [-0.05, 0) is 28.9 Å². The fourth-order valence-electron chi connectivity index (χ4n) is 1.01. The van der Waals surface area contributed by atoms with Gasteiger partial charge in [-0.15, -0.1) is 0 Å². The van der Waals surface area contributed by atoms with E-state index in [4.69, 9.17) is 0 Å². The molecule has 0 fully saturated rings. The van der Waals surface area contributed by atoms with Crippen LogP contribution in [0.4, 0.5) is 4.39 Å². The topological polar surface area (TPSA) is 68.3 Å². The Morgan fingerprint density at radius 2 is 2.29 bits per heavy atom. The molecule has 1 N–H and O–H groups in total. The van der Waals surface area contributed by atoms with Crippen LogP contribution in [0.1, 0.15) is 12.6 Å². The maximum Gasteiger partial charge on any atom is 0.396 e. The number of ether oxygens (including phenoxy) is 1. The van der Waals surface area contributed by atoms with Crippen molar-refractivity contribution < 1.29 is 18.7 Å². The van der Waals surface area contributed by atoms with E-state index in [2.05, 4.69) is 31.0 Å². The van der Waals surface area contributed by atoms with Gasteiger partial charge in [0.1, 0.15) is 5.82 Å². The van der Waals surface area contributed by atoms with Crippen molar-refractivity contribution in [1.82, 2.24) is 10.3 Å². The summed E-state index contributed by atoms with van der Waals surface area (Å²) in [5.74, 6) is -2.48. The molecule has 92 valence electrons. The molecule has 0 aromatic carbocycles. The van der Waals surface area contributed by atoms with Crippen LogP contribution in [0.5, 0.6) is 0 Å². The van der Waals surface area contributed by atoms with Crippen molar-refractivity contribution in [2.75, 3.05) is 6.61 Å². The highest BCUT2D eigenvalue weighted by molar-refractivity contribution is 9.10. The van der Waals surface area contributed by atoms with Crippen LogP contribution in [0.15, 0.2) is 16.7 Å². The molecule has 0 unspecified atom stereocenters. The molecule has 0 aliphatic heterocycles. The Morgan fingerprint density at radius 1 is 1.59 bits per heavy atom. The lowest BCUT2D eigenvalue weighted by atomic mass is 10.3. The number of aromatic nitrogens is 1. The number of carbonyl (C=O) groups is 2. The van der Waals surface area contributed by atoms with E-state index in [0.29, 0.717) is 4.47 Å². The van der Waals surface area contributed by atoms with Crippen molar-refractivity contribution in [3.63, 3.8) is 0 Å². The third kappa shape index (κ3) is 4.10. The molecule has 0 aliphatic rings. The normalized spacial score (nSPS) is 9.82. The smallest absolute Gasteiger partial charge is 0.396 e. The molecular weight excluding hydrogens is 295 g/mol. The number of hydrogen-bond donors (Lipinski definition) is 1. The van der Waals surface area contributed by atoms with Crippen molar-refractivity contribution in [2.45, 2.75) is 13.5 Å². The molecule has 1 heterocycles. The number of nitrogens with one attached hydrogen (secondary N) is 1. The van der Waals surface area contributed by atoms with Crippen LogP contribution in [0.2, 0.25) is 0 Å². The molecule has 17 heavy (non-hydrogen) atoms. The number of esters is 1. The fraction of sp³-hybridized carbons (Fsp3) is 0.300. The molecule has 0 saturated carbocycles. The largest absolute Gasteiger partial charge is 0.459 e. The number of rotatable bonds is 3. The Kier molecular flexibility index (Phi) is 5.02. The van der Waals surface area contributed by atoms with Gasteiger partial charge in [-0.25, -0.2) is 9.18 Å². The summed E-state index contributed by atoms with van der Waals surface area (Å²) in [4.78, 5) is 25.9. The molecule has 0 atom stereocenters. The SMILES string of the molecule is CCOC(=O)C(=O)NCc1ncc(Br)cc1F. The second-order valence-electron chi connectivity index (χ2n) is 2.99. The third-order valence-corrected chi connectivity index (χ3v) is 2.19. The van der Waals surface area contributed by atoms with Crippen LogP contribution >= 0.6 is 15.9 Å². The molecular formula is C10H10BrFN2O3. The molecule has 5 nitrogen and oxygen atoms in total. The molecule has 1 aromatic heterocycles. The maximum absolute atomic E-state index is 13.3. The monoisotopic (exact) mass is 304 g/mol. The summed E-state index contributed by atoms with van der Waals surface area (Å²) < 4.78 is 18.3. The zero-order valence-corrected chi connectivity index (χ0v) is 10.6. The summed E-state index contributed by atoms with van der Waals surface area (Å²) >= 11 is 3.06. The Morgan fingerprint density at radius 3 is 2.88 bits per heavy atom. The number of nitrogens with zero attached hydrogens (tertiary/aromatic N) is 1. The Hall–Kier alpha value is -1.50. The molecule has 0 radical (unpaired) electrons. The van der Waals surface area contributed by atoms with E-state index in [-0.39, 0.29) is 18.8 Å². The second-order valence-corrected chi connectivity index (χ2v) is 3.90. The van der Waals surface area contributed by atoms with Crippen molar-refractivity contribution >= 4 is 27.8 Å². The number of pyridine rings is 1. The molecule has 0 bridgehead atoms. The Labute approximate surface area is 105 Å². The van der Waals surface area contributed by atoms with Crippen LogP contribution < -0.4 is 5.32 Å². The molecule has 0 aliphatic carbocycles. The lowest BCUT2D eigenvalue weighted by Crippen LogP contribution is -2.32. The predicted molar refractivity (Wildman–Crippen MR) is 60.4 cm³/mol. The van der Waals surface area contributed by atoms with Gasteiger partial charge in [0.2, 0.25) is 0 Å². The van der Waals surface area contributed by atoms with E-state index < -0.39 is 17.7 Å². The van der Waals surface area contributed by atoms with Crippen LogP contribution in [-0.4, -0.2) is 23.5 Å². The van der Waals surface area contributed by atoms with Crippen molar-refractivity contribution in [3.05, 3.63) is 28.2 Å². The van der Waals surface area contributed by atoms with Crippen molar-refractivity contribution in [1.29, 1.82) is 0 Å². The minimum Gasteiger partial charge on any atom is -0.459 e. The van der Waals surface area contributed by atoms with Crippen LogP contribution in [-0.2, 0) is 20.9 Å². The summed E-state index contributed by atoms with van der Waals surface area (Å²) in [6.45, 7) is 1.52. The zero-order chi connectivity index (χ0) is 12.8. The molecule has 1 amide bonds. The highest BCUT2D eigenvalue weighted by atomic mass is 79.9. The molecule has 1 aromatic rings. The zero-order valence-electron chi connectivity index (χ0n) is 9.00. The molecule has 0 saturated heterocycles. The number of amides is 1. The highest BCUT2D eigenvalue weighted by Crippen LogP contribution is 2.11. The second kappa shape index (κ2) is 6.29. The summed E-state index contributed by atoms with van der Waals surface area (Å²) in [6, 6.07) is 1.22. The average molecular weight is 305 g/mol. The quantitative estimate of drug-likeness (QED) is 0.672. The fourth-order valence-corrected chi connectivity index (χ4v) is 1.31. The number of hydrogen-bond acceptors (Lipinski definition) is 4. The maximum atomic E-state index is 13.3. The van der Waals surface area contributed by atoms with Crippen molar-refractivity contribution in [2.24, 2.45) is 0 Å². The summed E-state index contributed by atoms with van der Waals surface area (Å²) in [5, 5.41) is 2.21. The van der Waals surface area contributed by atoms with Gasteiger partial charge in [-0.3, -0.25) is 9.78 Å². The van der Waals surface area contributed by atoms with E-state index in [1.165, 1.54) is 12.3 Å². The lowest BCUT2D eigenvalue weighted by molar-refractivity contribution is -0.154. The first kappa shape index (κ1) is 13.6. The number of carbonyl (C=O) groups excluding carboxylic acids is 2. The molecule has 0 spiro atoms. The van der Waals surface area contributed by atoms with E-state index in [9.17, 15) is 14.0 Å². The van der Waals surface area contributed by atoms with E-state index >= 15 is 0 Å². The van der Waals surface area contributed by atoms with E-state index in [1.807, 2.05) is 0 Å². The van der Waals surface area contributed by atoms with Crippen molar-refractivity contribution in [3.8, 4) is 0 Å². The van der Waals surface area contributed by atoms with Gasteiger partial charge in [-0.2, -0.15) is 0 Å². The highest BCUT2D eigenvalue weighted by Gasteiger charge is 2.15. The van der Waals surface area contributed by atoms with Crippen LogP contribution in [0.3, 0.4) is 0 Å². The first-order valence-corrected chi connectivity index (χ1v) is 5.58. The van der Waals surface area contributed by atoms with Gasteiger partial charge >= 0.3 is 11.9 Å². The number of halogens is 2. The standard InChI is InChI=1S/C10H10BrFN2O3/c1-2-17-10(16)9(15)14-5-8-7(12)3-6(11)4-13-8/h3-4H,2,5H2,1H3,(H,14,15). The van der Waals surface area contributed by atoms with Crippen LogP contribution in [0.25, 0.3) is 0 Å². The van der Waals surface area contributed by atoms with Gasteiger partial charge in [0.05, 0.1) is 18.8 Å². The van der Waals surface area contributed by atoms with Gasteiger partial charge in [-0.1, -0.05) is 0 Å². The average Bonchev–Trinajstić information content (AvgIpc) is 2.27. The summed E-state index contributed by atoms with van der Waals surface area (Å²) in [5.41, 5.74) is 0.0471. The first-order valence-electron chi connectivity index (χ1n) is 4.79. The van der Waals surface area contributed by atoms with E-state index in [1.54, 1.807) is 6.92 Å². The molecule has 7 heteroatoms. The molecule has 1 rings (SSSR count). The van der Waals surface area contributed by atoms with E-state index in [0.717, 1.165) is 0 Å². The van der Waals surface area contributed by atoms with Crippen LogP contribution in [0, 0.1) is 5.82 Å². The lowest BCUT2D eigenvalue weighted by Gasteiger charge is -2.05.